The van der Waals surface area contributed by atoms with Gasteiger partial charge in [0.25, 0.3) is 5.91 Å². The highest BCUT2D eigenvalue weighted by Gasteiger charge is 2.44. The van der Waals surface area contributed by atoms with Crippen LogP contribution in [0.2, 0.25) is 0 Å². The van der Waals surface area contributed by atoms with Gasteiger partial charge in [0.05, 0.1) is 42.7 Å². The Balaban J connectivity index is 1.70. The van der Waals surface area contributed by atoms with Crippen LogP contribution in [0.3, 0.4) is 0 Å². The van der Waals surface area contributed by atoms with Crippen molar-refractivity contribution in [2.75, 3.05) is 30.1 Å². The van der Waals surface area contributed by atoms with E-state index in [-0.39, 0.29) is 36.1 Å². The van der Waals surface area contributed by atoms with Crippen LogP contribution in [0.1, 0.15) is 51.2 Å². The normalized spacial score (nSPS) is 19.7. The van der Waals surface area contributed by atoms with E-state index in [1.165, 1.54) is 0 Å². The molecule has 2 aliphatic heterocycles. The standard InChI is InChI=1S/C34H38N4O5/c1-5-21(2)32(39)36-31-22(3)38(33(40)25-14-16-43-17-15-25)29-18-23(19-35)10-12-28(29)37(34(31)41)20-27-26-9-7-6-8-24(26)11-13-30(27)42-4/h6-13,18,21-22,25,31H,5,14-17,20H2,1-4H3,(H,36,39)/t21-,22+,31+/m1/s1. The molecule has 1 saturated heterocycles. The molecule has 5 rings (SSSR count). The van der Waals surface area contributed by atoms with Crippen molar-refractivity contribution in [3.63, 3.8) is 0 Å². The van der Waals surface area contributed by atoms with Crippen molar-refractivity contribution in [3.8, 4) is 11.8 Å². The fourth-order valence-electron chi connectivity index (χ4n) is 5.99. The summed E-state index contributed by atoms with van der Waals surface area (Å²) in [6, 6.07) is 17.2. The van der Waals surface area contributed by atoms with Crippen molar-refractivity contribution in [1.29, 1.82) is 5.26 Å². The number of carbonyl (C=O) groups is 3. The van der Waals surface area contributed by atoms with Crippen molar-refractivity contribution in [1.82, 2.24) is 5.32 Å². The number of nitrogens with one attached hydrogen (secondary N) is 1. The number of nitrogens with zero attached hydrogens (tertiary/aromatic N) is 3. The zero-order valence-electron chi connectivity index (χ0n) is 25.1. The molecule has 3 atom stereocenters. The number of hydrogen-bond acceptors (Lipinski definition) is 6. The lowest BCUT2D eigenvalue weighted by Gasteiger charge is -2.35. The van der Waals surface area contributed by atoms with Crippen LogP contribution in [-0.2, 0) is 25.7 Å². The van der Waals surface area contributed by atoms with Crippen molar-refractivity contribution in [3.05, 3.63) is 65.7 Å². The first-order valence-electron chi connectivity index (χ1n) is 14.9. The summed E-state index contributed by atoms with van der Waals surface area (Å²) >= 11 is 0. The maximum atomic E-state index is 14.7. The monoisotopic (exact) mass is 582 g/mol. The van der Waals surface area contributed by atoms with E-state index in [1.54, 1.807) is 42.0 Å². The predicted molar refractivity (Wildman–Crippen MR) is 165 cm³/mol. The molecule has 0 aliphatic carbocycles. The van der Waals surface area contributed by atoms with Crippen molar-refractivity contribution in [2.45, 2.75) is 58.7 Å². The zero-order chi connectivity index (χ0) is 30.7. The Morgan fingerprint density at radius 2 is 1.86 bits per heavy atom. The highest BCUT2D eigenvalue weighted by molar-refractivity contribution is 6.09. The van der Waals surface area contributed by atoms with Crippen LogP contribution >= 0.6 is 0 Å². The van der Waals surface area contributed by atoms with Crippen LogP contribution in [0.5, 0.6) is 5.75 Å². The maximum absolute atomic E-state index is 14.7. The Morgan fingerprint density at radius 3 is 2.56 bits per heavy atom. The molecule has 2 heterocycles. The van der Waals surface area contributed by atoms with Gasteiger partial charge < -0.3 is 24.6 Å². The van der Waals surface area contributed by atoms with Gasteiger partial charge in [-0.2, -0.15) is 5.26 Å². The quantitative estimate of drug-likeness (QED) is 0.422. The Kier molecular flexibility index (Phi) is 8.97. The summed E-state index contributed by atoms with van der Waals surface area (Å²) < 4.78 is 11.3. The lowest BCUT2D eigenvalue weighted by atomic mass is 9.96. The molecular weight excluding hydrogens is 544 g/mol. The molecule has 2 aliphatic rings. The second kappa shape index (κ2) is 12.8. The molecule has 9 heteroatoms. The number of nitriles is 1. The number of fused-ring (bicyclic) bond motifs is 2. The fraction of sp³-hybridized carbons (Fsp3) is 0.412. The Labute approximate surface area is 252 Å². The molecule has 1 N–H and O–H groups in total. The molecule has 9 nitrogen and oxygen atoms in total. The van der Waals surface area contributed by atoms with Gasteiger partial charge in [-0.15, -0.1) is 0 Å². The number of hydrogen-bond donors (Lipinski definition) is 1. The van der Waals surface area contributed by atoms with E-state index in [0.29, 0.717) is 55.2 Å². The Hall–Kier alpha value is -4.42. The maximum Gasteiger partial charge on any atom is 0.252 e. The minimum absolute atomic E-state index is 0.129. The lowest BCUT2D eigenvalue weighted by molar-refractivity contribution is -0.131. The van der Waals surface area contributed by atoms with Crippen molar-refractivity contribution >= 4 is 39.9 Å². The Morgan fingerprint density at radius 1 is 1.12 bits per heavy atom. The van der Waals surface area contributed by atoms with Gasteiger partial charge in [0.1, 0.15) is 11.8 Å². The molecule has 0 radical (unpaired) electrons. The summed E-state index contributed by atoms with van der Waals surface area (Å²) in [4.78, 5) is 45.4. The lowest BCUT2D eigenvalue weighted by Crippen LogP contribution is -2.59. The van der Waals surface area contributed by atoms with E-state index < -0.39 is 12.1 Å². The number of rotatable bonds is 7. The first-order chi connectivity index (χ1) is 20.8. The molecule has 0 spiro atoms. The highest BCUT2D eigenvalue weighted by Crippen LogP contribution is 2.40. The molecule has 0 bridgehead atoms. The van der Waals surface area contributed by atoms with Gasteiger partial charge in [-0.25, -0.2) is 0 Å². The third-order valence-electron chi connectivity index (χ3n) is 8.78. The zero-order valence-corrected chi connectivity index (χ0v) is 25.1. The summed E-state index contributed by atoms with van der Waals surface area (Å²) in [5.74, 6) is -0.742. The predicted octanol–water partition coefficient (Wildman–Crippen LogP) is 4.95. The van der Waals surface area contributed by atoms with Gasteiger partial charge in [0, 0.05) is 30.6 Å². The van der Waals surface area contributed by atoms with E-state index in [2.05, 4.69) is 11.4 Å². The van der Waals surface area contributed by atoms with Gasteiger partial charge in [-0.3, -0.25) is 14.4 Å². The second-order valence-electron chi connectivity index (χ2n) is 11.3. The number of amides is 3. The summed E-state index contributed by atoms with van der Waals surface area (Å²) in [6.45, 7) is 6.61. The second-order valence-corrected chi connectivity index (χ2v) is 11.3. The summed E-state index contributed by atoms with van der Waals surface area (Å²) in [7, 11) is 1.59. The summed E-state index contributed by atoms with van der Waals surface area (Å²) in [6.07, 6.45) is 1.72. The first kappa shape index (κ1) is 30.1. The average Bonchev–Trinajstić information content (AvgIpc) is 3.12. The first-order valence-corrected chi connectivity index (χ1v) is 14.9. The molecule has 3 aromatic carbocycles. The molecule has 0 saturated carbocycles. The number of ether oxygens (including phenoxy) is 2. The molecule has 0 aromatic heterocycles. The van der Waals surface area contributed by atoms with Crippen molar-refractivity contribution < 1.29 is 23.9 Å². The summed E-state index contributed by atoms with van der Waals surface area (Å²) in [5, 5.41) is 14.7. The van der Waals surface area contributed by atoms with E-state index in [9.17, 15) is 19.6 Å². The SMILES string of the molecule is CC[C@@H](C)C(=O)N[C@@H]1C(=O)N(Cc2c(OC)ccc3ccccc23)c2ccc(C#N)cc2N(C(=O)C2CCOCC2)[C@H]1C. The van der Waals surface area contributed by atoms with Crippen LogP contribution in [0.15, 0.2) is 54.6 Å². The van der Waals surface area contributed by atoms with Gasteiger partial charge >= 0.3 is 0 Å². The van der Waals surface area contributed by atoms with E-state index in [0.717, 1.165) is 16.3 Å². The van der Waals surface area contributed by atoms with E-state index in [1.807, 2.05) is 50.2 Å². The third-order valence-corrected chi connectivity index (χ3v) is 8.78. The van der Waals surface area contributed by atoms with Crippen LogP contribution in [-0.4, -0.2) is 50.1 Å². The minimum atomic E-state index is -1.02. The van der Waals surface area contributed by atoms with Gasteiger partial charge in [-0.05, 0) is 61.2 Å². The van der Waals surface area contributed by atoms with Gasteiger partial charge in [-0.1, -0.05) is 44.2 Å². The highest BCUT2D eigenvalue weighted by atomic mass is 16.5. The minimum Gasteiger partial charge on any atom is -0.496 e. The number of methoxy groups -OCH3 is 1. The smallest absolute Gasteiger partial charge is 0.252 e. The van der Waals surface area contributed by atoms with Crippen LogP contribution in [0, 0.1) is 23.2 Å². The molecule has 224 valence electrons. The molecule has 43 heavy (non-hydrogen) atoms. The summed E-state index contributed by atoms with van der Waals surface area (Å²) in [5.41, 5.74) is 2.13. The topological polar surface area (TPSA) is 112 Å². The van der Waals surface area contributed by atoms with Gasteiger partial charge in [0.2, 0.25) is 11.8 Å². The molecular formula is C34H38N4O5. The van der Waals surface area contributed by atoms with E-state index >= 15 is 0 Å². The van der Waals surface area contributed by atoms with Crippen LogP contribution < -0.4 is 19.9 Å². The average molecular weight is 583 g/mol. The van der Waals surface area contributed by atoms with Crippen molar-refractivity contribution in [2.24, 2.45) is 11.8 Å². The number of benzene rings is 3. The van der Waals surface area contributed by atoms with Gasteiger partial charge in [0.15, 0.2) is 0 Å². The molecule has 0 unspecified atom stereocenters. The number of anilines is 2. The molecule has 1 fully saturated rings. The Bertz CT molecular complexity index is 1570. The largest absolute Gasteiger partial charge is 0.496 e. The fourth-order valence-corrected chi connectivity index (χ4v) is 5.99. The van der Waals surface area contributed by atoms with Crippen LogP contribution in [0.25, 0.3) is 10.8 Å². The van der Waals surface area contributed by atoms with E-state index in [4.69, 9.17) is 9.47 Å². The number of carbonyl (C=O) groups excluding carboxylic acids is 3. The third kappa shape index (κ3) is 5.80. The van der Waals surface area contributed by atoms with Crippen LogP contribution in [0.4, 0.5) is 11.4 Å². The molecule has 3 aromatic rings. The molecule has 3 amide bonds.